The number of amides is 1. The van der Waals surface area contributed by atoms with Crippen LogP contribution in [0.3, 0.4) is 0 Å². The van der Waals surface area contributed by atoms with Gasteiger partial charge >= 0.3 is 5.97 Å². The number of nitrogens with one attached hydrogen (secondary N) is 1. The molecule has 0 saturated carbocycles. The van der Waals surface area contributed by atoms with Crippen LogP contribution >= 0.6 is 11.8 Å². The first-order valence-corrected chi connectivity index (χ1v) is 9.13. The van der Waals surface area contributed by atoms with Crippen LogP contribution in [0.15, 0.2) is 23.1 Å². The number of thioether (sulfide) groups is 1. The third-order valence-corrected chi connectivity index (χ3v) is 4.52. The number of hydrogen-bond donors (Lipinski definition) is 2. The fourth-order valence-electron chi connectivity index (χ4n) is 2.31. The summed E-state index contributed by atoms with van der Waals surface area (Å²) in [6, 6.07) is 4.93. The lowest BCUT2D eigenvalue weighted by Crippen LogP contribution is -2.40. The Balaban J connectivity index is 1.80. The van der Waals surface area contributed by atoms with E-state index in [0.717, 1.165) is 22.8 Å². The van der Waals surface area contributed by atoms with Crippen LogP contribution in [0, 0.1) is 0 Å². The van der Waals surface area contributed by atoms with Crippen molar-refractivity contribution >= 4 is 23.6 Å². The van der Waals surface area contributed by atoms with Gasteiger partial charge in [-0.2, -0.15) is 0 Å². The zero-order valence-corrected chi connectivity index (χ0v) is 14.6. The zero-order valence-electron chi connectivity index (χ0n) is 13.7. The number of aliphatic carboxylic acids is 1. The minimum Gasteiger partial charge on any atom is -0.490 e. The molecule has 1 atom stereocenters. The van der Waals surface area contributed by atoms with Crippen LogP contribution in [0.1, 0.15) is 32.6 Å². The molecule has 0 saturated heterocycles. The maximum atomic E-state index is 11.9. The second-order valence-electron chi connectivity index (χ2n) is 5.50. The summed E-state index contributed by atoms with van der Waals surface area (Å²) in [5.41, 5.74) is 0. The highest BCUT2D eigenvalue weighted by Gasteiger charge is 2.18. The smallest absolute Gasteiger partial charge is 0.326 e. The van der Waals surface area contributed by atoms with Crippen molar-refractivity contribution < 1.29 is 24.2 Å². The third kappa shape index (κ3) is 5.63. The van der Waals surface area contributed by atoms with Gasteiger partial charge in [0.05, 0.1) is 13.2 Å². The van der Waals surface area contributed by atoms with E-state index in [2.05, 4.69) is 5.32 Å². The Bertz CT molecular complexity index is 578. The molecule has 1 unspecified atom stereocenters. The average molecular weight is 353 g/mol. The second kappa shape index (κ2) is 9.42. The summed E-state index contributed by atoms with van der Waals surface area (Å²) in [6.07, 6.45) is 2.28. The van der Waals surface area contributed by atoms with Gasteiger partial charge < -0.3 is 19.9 Å². The Morgan fingerprint density at radius 1 is 1.29 bits per heavy atom. The average Bonchev–Trinajstić information content (AvgIpc) is 2.79. The molecular formula is C17H23NO5S. The van der Waals surface area contributed by atoms with Crippen LogP contribution in [0.5, 0.6) is 11.5 Å². The van der Waals surface area contributed by atoms with Gasteiger partial charge in [-0.1, -0.05) is 13.3 Å². The molecule has 1 aliphatic heterocycles. The van der Waals surface area contributed by atoms with E-state index in [9.17, 15) is 9.59 Å². The molecule has 1 heterocycles. The van der Waals surface area contributed by atoms with E-state index in [1.54, 1.807) is 0 Å². The van der Waals surface area contributed by atoms with E-state index in [0.29, 0.717) is 31.8 Å². The van der Waals surface area contributed by atoms with Crippen molar-refractivity contribution in [2.24, 2.45) is 0 Å². The van der Waals surface area contributed by atoms with Crippen LogP contribution in [-0.2, 0) is 9.59 Å². The first kappa shape index (κ1) is 18.4. The lowest BCUT2D eigenvalue weighted by Gasteiger charge is -2.13. The highest BCUT2D eigenvalue weighted by molar-refractivity contribution is 7.99. The Hall–Kier alpha value is -1.89. The molecule has 0 spiro atoms. The molecule has 1 aromatic carbocycles. The summed E-state index contributed by atoms with van der Waals surface area (Å²) in [5, 5.41) is 11.6. The standard InChI is InChI=1S/C17H23NO5S/c1-2-4-13(17(20)21)18-16(19)7-10-24-12-5-6-14-15(11-12)23-9-3-8-22-14/h5-6,11,13H,2-4,7-10H2,1H3,(H,18,19)(H,20,21). The minimum atomic E-state index is -0.985. The van der Waals surface area contributed by atoms with Gasteiger partial charge in [0, 0.05) is 23.5 Å². The predicted molar refractivity (Wildman–Crippen MR) is 91.9 cm³/mol. The highest BCUT2D eigenvalue weighted by atomic mass is 32.2. The lowest BCUT2D eigenvalue weighted by molar-refractivity contribution is -0.142. The molecule has 2 rings (SSSR count). The molecular weight excluding hydrogens is 330 g/mol. The molecule has 132 valence electrons. The van der Waals surface area contributed by atoms with Crippen molar-refractivity contribution in [2.75, 3.05) is 19.0 Å². The zero-order chi connectivity index (χ0) is 17.4. The Morgan fingerprint density at radius 3 is 2.75 bits per heavy atom. The molecule has 24 heavy (non-hydrogen) atoms. The van der Waals surface area contributed by atoms with Crippen LogP contribution in [-0.4, -0.2) is 42.0 Å². The third-order valence-electron chi connectivity index (χ3n) is 3.53. The maximum absolute atomic E-state index is 11.9. The monoisotopic (exact) mass is 353 g/mol. The van der Waals surface area contributed by atoms with Crippen LogP contribution in [0.2, 0.25) is 0 Å². The van der Waals surface area contributed by atoms with E-state index < -0.39 is 12.0 Å². The number of rotatable bonds is 8. The molecule has 6 nitrogen and oxygen atoms in total. The summed E-state index contributed by atoms with van der Waals surface area (Å²) < 4.78 is 11.2. The van der Waals surface area contributed by atoms with E-state index in [1.807, 2.05) is 25.1 Å². The number of carbonyl (C=O) groups excluding carboxylic acids is 1. The van der Waals surface area contributed by atoms with E-state index in [1.165, 1.54) is 11.8 Å². The minimum absolute atomic E-state index is 0.238. The molecule has 1 aliphatic rings. The second-order valence-corrected chi connectivity index (χ2v) is 6.67. The summed E-state index contributed by atoms with van der Waals surface area (Å²) >= 11 is 1.53. The number of carbonyl (C=O) groups is 2. The molecule has 7 heteroatoms. The number of carboxylic acid groups (broad SMARTS) is 1. The van der Waals surface area contributed by atoms with Gasteiger partial charge in [-0.05, 0) is 24.6 Å². The molecule has 0 aromatic heterocycles. The van der Waals surface area contributed by atoms with Gasteiger partial charge in [-0.3, -0.25) is 4.79 Å². The number of fused-ring (bicyclic) bond motifs is 1. The molecule has 0 bridgehead atoms. The molecule has 2 N–H and O–H groups in total. The van der Waals surface area contributed by atoms with Crippen molar-refractivity contribution in [2.45, 2.75) is 43.5 Å². The largest absolute Gasteiger partial charge is 0.490 e. The van der Waals surface area contributed by atoms with Gasteiger partial charge in [0.25, 0.3) is 0 Å². The lowest BCUT2D eigenvalue weighted by atomic mass is 10.1. The fourth-order valence-corrected chi connectivity index (χ4v) is 3.19. The number of benzene rings is 1. The summed E-state index contributed by atoms with van der Waals surface area (Å²) in [6.45, 7) is 3.18. The van der Waals surface area contributed by atoms with Crippen molar-refractivity contribution in [1.29, 1.82) is 0 Å². The predicted octanol–water partition coefficient (Wildman–Crippen LogP) is 2.70. The van der Waals surface area contributed by atoms with Crippen molar-refractivity contribution in [3.63, 3.8) is 0 Å². The van der Waals surface area contributed by atoms with E-state index >= 15 is 0 Å². The van der Waals surface area contributed by atoms with Crippen LogP contribution < -0.4 is 14.8 Å². The normalized spacial score (nSPS) is 14.5. The summed E-state index contributed by atoms with van der Waals surface area (Å²) in [4.78, 5) is 23.9. The summed E-state index contributed by atoms with van der Waals surface area (Å²) in [5.74, 6) is 0.831. The first-order chi connectivity index (χ1) is 11.6. The van der Waals surface area contributed by atoms with Crippen molar-refractivity contribution in [3.05, 3.63) is 18.2 Å². The van der Waals surface area contributed by atoms with Crippen LogP contribution in [0.25, 0.3) is 0 Å². The first-order valence-electron chi connectivity index (χ1n) is 8.14. The molecule has 0 fully saturated rings. The Labute approximate surface area is 145 Å². The molecule has 0 aliphatic carbocycles. The van der Waals surface area contributed by atoms with Gasteiger partial charge in [-0.25, -0.2) is 4.79 Å². The fraction of sp³-hybridized carbons (Fsp3) is 0.529. The van der Waals surface area contributed by atoms with Gasteiger partial charge in [0.2, 0.25) is 5.91 Å². The van der Waals surface area contributed by atoms with E-state index in [4.69, 9.17) is 14.6 Å². The van der Waals surface area contributed by atoms with Gasteiger partial charge in [-0.15, -0.1) is 11.8 Å². The Morgan fingerprint density at radius 2 is 2.04 bits per heavy atom. The van der Waals surface area contributed by atoms with Crippen molar-refractivity contribution in [3.8, 4) is 11.5 Å². The number of carboxylic acids is 1. The summed E-state index contributed by atoms with van der Waals surface area (Å²) in [7, 11) is 0. The van der Waals surface area contributed by atoms with E-state index in [-0.39, 0.29) is 12.3 Å². The van der Waals surface area contributed by atoms with Crippen LogP contribution in [0.4, 0.5) is 0 Å². The highest BCUT2D eigenvalue weighted by Crippen LogP contribution is 2.33. The number of hydrogen-bond acceptors (Lipinski definition) is 5. The molecule has 1 amide bonds. The number of ether oxygens (including phenoxy) is 2. The Kier molecular flexibility index (Phi) is 7.24. The van der Waals surface area contributed by atoms with Gasteiger partial charge in [0.15, 0.2) is 11.5 Å². The molecule has 1 aromatic rings. The maximum Gasteiger partial charge on any atom is 0.326 e. The quantitative estimate of drug-likeness (QED) is 0.699. The van der Waals surface area contributed by atoms with Crippen molar-refractivity contribution in [1.82, 2.24) is 5.32 Å². The van der Waals surface area contributed by atoms with Gasteiger partial charge in [0.1, 0.15) is 6.04 Å². The topological polar surface area (TPSA) is 84.9 Å². The SMILES string of the molecule is CCCC(NC(=O)CCSc1ccc2c(c1)OCCCO2)C(=O)O. The molecule has 0 radical (unpaired) electrons.